The quantitative estimate of drug-likeness (QED) is 0.920. The molecule has 6 heteroatoms. The van der Waals surface area contributed by atoms with Gasteiger partial charge in [-0.1, -0.05) is 36.4 Å². The van der Waals surface area contributed by atoms with Crippen LogP contribution in [0.5, 0.6) is 5.75 Å². The van der Waals surface area contributed by atoms with E-state index in [9.17, 15) is 18.0 Å². The van der Waals surface area contributed by atoms with Gasteiger partial charge in [0.1, 0.15) is 5.75 Å². The van der Waals surface area contributed by atoms with E-state index in [4.69, 9.17) is 10.5 Å². The van der Waals surface area contributed by atoms with Gasteiger partial charge in [0.15, 0.2) is 0 Å². The fourth-order valence-corrected chi connectivity index (χ4v) is 2.07. The summed E-state index contributed by atoms with van der Waals surface area (Å²) in [5.74, 6) is -1.32. The number of carbonyl (C=O) groups is 1. The third-order valence-electron chi connectivity index (χ3n) is 3.07. The molecule has 0 unspecified atom stereocenters. The Morgan fingerprint density at radius 2 is 1.73 bits per heavy atom. The Kier molecular flexibility index (Phi) is 4.70. The van der Waals surface area contributed by atoms with Crippen LogP contribution in [-0.2, 0) is 12.6 Å². The Labute approximate surface area is 125 Å². The first kappa shape index (κ1) is 15.9. The van der Waals surface area contributed by atoms with Crippen molar-refractivity contribution in [3.05, 3.63) is 65.2 Å². The summed E-state index contributed by atoms with van der Waals surface area (Å²) in [5, 5.41) is 0. The number of rotatable bonds is 5. The predicted octanol–water partition coefficient (Wildman–Crippen LogP) is 3.43. The van der Waals surface area contributed by atoms with Gasteiger partial charge in [-0.2, -0.15) is 13.2 Å². The van der Waals surface area contributed by atoms with Crippen LogP contribution in [0.4, 0.5) is 13.2 Å². The smallest absolute Gasteiger partial charge is 0.417 e. The summed E-state index contributed by atoms with van der Waals surface area (Å²) < 4.78 is 44.1. The lowest BCUT2D eigenvalue weighted by Gasteiger charge is -2.15. The molecular formula is C16H14F3NO2. The number of benzene rings is 2. The molecule has 22 heavy (non-hydrogen) atoms. The third-order valence-corrected chi connectivity index (χ3v) is 3.07. The molecule has 2 aromatic rings. The molecular weight excluding hydrogens is 295 g/mol. The number of amides is 1. The molecule has 0 spiro atoms. The molecule has 0 atom stereocenters. The van der Waals surface area contributed by atoms with Crippen LogP contribution in [0.15, 0.2) is 48.5 Å². The first-order valence-electron chi connectivity index (χ1n) is 6.56. The number of alkyl halides is 3. The lowest BCUT2D eigenvalue weighted by molar-refractivity contribution is -0.138. The van der Waals surface area contributed by atoms with Crippen molar-refractivity contribution in [1.29, 1.82) is 0 Å². The lowest BCUT2D eigenvalue weighted by atomic mass is 10.1. The topological polar surface area (TPSA) is 52.3 Å². The predicted molar refractivity (Wildman–Crippen MR) is 75.6 cm³/mol. The Morgan fingerprint density at radius 3 is 2.32 bits per heavy atom. The first-order valence-corrected chi connectivity index (χ1v) is 6.56. The van der Waals surface area contributed by atoms with Gasteiger partial charge >= 0.3 is 6.18 Å². The Morgan fingerprint density at radius 1 is 1.05 bits per heavy atom. The summed E-state index contributed by atoms with van der Waals surface area (Å²) in [6, 6.07) is 12.6. The molecule has 0 heterocycles. The van der Waals surface area contributed by atoms with Gasteiger partial charge in [0.2, 0.25) is 0 Å². The summed E-state index contributed by atoms with van der Waals surface area (Å²) in [5.41, 5.74) is 4.34. The molecule has 2 N–H and O–H groups in total. The number of carbonyl (C=O) groups excluding carboxylic acids is 1. The molecule has 0 saturated carbocycles. The van der Waals surface area contributed by atoms with Gasteiger partial charge in [0.05, 0.1) is 17.7 Å². The van der Waals surface area contributed by atoms with Crippen LogP contribution < -0.4 is 10.5 Å². The van der Waals surface area contributed by atoms with Gasteiger partial charge in [-0.3, -0.25) is 4.79 Å². The molecule has 2 rings (SSSR count). The fraction of sp³-hybridized carbons (Fsp3) is 0.188. The van der Waals surface area contributed by atoms with E-state index in [1.54, 1.807) is 0 Å². The number of ether oxygens (including phenoxy) is 1. The van der Waals surface area contributed by atoms with Crippen LogP contribution in [-0.4, -0.2) is 12.5 Å². The molecule has 0 saturated heterocycles. The van der Waals surface area contributed by atoms with E-state index in [0.29, 0.717) is 6.42 Å². The third kappa shape index (κ3) is 3.78. The lowest BCUT2D eigenvalue weighted by Crippen LogP contribution is -2.20. The molecule has 0 fully saturated rings. The maximum Gasteiger partial charge on any atom is 0.417 e. The summed E-state index contributed by atoms with van der Waals surface area (Å²) in [6.45, 7) is 0.144. The van der Waals surface area contributed by atoms with Crippen molar-refractivity contribution in [2.24, 2.45) is 5.73 Å². The molecule has 0 aromatic heterocycles. The summed E-state index contributed by atoms with van der Waals surface area (Å²) in [6.07, 6.45) is -4.15. The Hall–Kier alpha value is -2.50. The van der Waals surface area contributed by atoms with Crippen molar-refractivity contribution < 1.29 is 22.7 Å². The van der Waals surface area contributed by atoms with E-state index >= 15 is 0 Å². The molecule has 0 aliphatic rings. The number of hydrogen-bond donors (Lipinski definition) is 1. The van der Waals surface area contributed by atoms with Crippen molar-refractivity contribution in [1.82, 2.24) is 0 Å². The SMILES string of the molecule is NC(=O)c1c(OCCc2ccccc2)cccc1C(F)(F)F. The van der Waals surface area contributed by atoms with Crippen molar-refractivity contribution in [3.8, 4) is 5.75 Å². The highest BCUT2D eigenvalue weighted by Gasteiger charge is 2.36. The van der Waals surface area contributed by atoms with E-state index in [0.717, 1.165) is 11.6 Å². The largest absolute Gasteiger partial charge is 0.492 e. The zero-order valence-electron chi connectivity index (χ0n) is 11.6. The molecule has 0 bridgehead atoms. The van der Waals surface area contributed by atoms with E-state index < -0.39 is 23.2 Å². The second-order valence-electron chi connectivity index (χ2n) is 4.62. The maximum absolute atomic E-state index is 12.9. The second-order valence-corrected chi connectivity index (χ2v) is 4.62. The average molecular weight is 309 g/mol. The Bertz CT molecular complexity index is 654. The van der Waals surface area contributed by atoms with E-state index in [-0.39, 0.29) is 12.4 Å². The highest BCUT2D eigenvalue weighted by molar-refractivity contribution is 5.97. The first-order chi connectivity index (χ1) is 10.4. The van der Waals surface area contributed by atoms with Crippen LogP contribution in [0.3, 0.4) is 0 Å². The van der Waals surface area contributed by atoms with Crippen LogP contribution in [0.1, 0.15) is 21.5 Å². The molecule has 1 amide bonds. The van der Waals surface area contributed by atoms with Crippen molar-refractivity contribution in [2.75, 3.05) is 6.61 Å². The summed E-state index contributed by atoms with van der Waals surface area (Å²) in [7, 11) is 0. The number of primary amides is 1. The van der Waals surface area contributed by atoms with Gasteiger partial charge < -0.3 is 10.5 Å². The van der Waals surface area contributed by atoms with Gasteiger partial charge in [0.25, 0.3) is 5.91 Å². The van der Waals surface area contributed by atoms with Crippen molar-refractivity contribution in [3.63, 3.8) is 0 Å². The van der Waals surface area contributed by atoms with E-state index in [1.807, 2.05) is 30.3 Å². The summed E-state index contributed by atoms with van der Waals surface area (Å²) in [4.78, 5) is 11.4. The highest BCUT2D eigenvalue weighted by Crippen LogP contribution is 2.35. The zero-order valence-corrected chi connectivity index (χ0v) is 11.6. The molecule has 0 radical (unpaired) electrons. The molecule has 0 aliphatic carbocycles. The monoisotopic (exact) mass is 309 g/mol. The molecule has 0 aliphatic heterocycles. The highest BCUT2D eigenvalue weighted by atomic mass is 19.4. The van der Waals surface area contributed by atoms with Crippen molar-refractivity contribution >= 4 is 5.91 Å². The average Bonchev–Trinajstić information content (AvgIpc) is 2.47. The minimum atomic E-state index is -4.66. The van der Waals surface area contributed by atoms with Crippen LogP contribution >= 0.6 is 0 Å². The van der Waals surface area contributed by atoms with E-state index in [2.05, 4.69) is 0 Å². The van der Waals surface area contributed by atoms with Crippen LogP contribution in [0.2, 0.25) is 0 Å². The van der Waals surface area contributed by atoms with Gasteiger partial charge in [-0.05, 0) is 17.7 Å². The van der Waals surface area contributed by atoms with Gasteiger partial charge in [-0.25, -0.2) is 0 Å². The van der Waals surface area contributed by atoms with Crippen LogP contribution in [0, 0.1) is 0 Å². The standard InChI is InChI=1S/C16H14F3NO2/c17-16(18,19)12-7-4-8-13(14(12)15(20)21)22-10-9-11-5-2-1-3-6-11/h1-8H,9-10H2,(H2,20,21). The molecule has 116 valence electrons. The van der Waals surface area contributed by atoms with Crippen molar-refractivity contribution in [2.45, 2.75) is 12.6 Å². The fourth-order valence-electron chi connectivity index (χ4n) is 2.07. The normalized spacial score (nSPS) is 11.2. The van der Waals surface area contributed by atoms with Gasteiger partial charge in [-0.15, -0.1) is 0 Å². The maximum atomic E-state index is 12.9. The number of nitrogens with two attached hydrogens (primary N) is 1. The number of hydrogen-bond acceptors (Lipinski definition) is 2. The zero-order chi connectivity index (χ0) is 16.2. The van der Waals surface area contributed by atoms with E-state index in [1.165, 1.54) is 12.1 Å². The molecule has 3 nitrogen and oxygen atoms in total. The van der Waals surface area contributed by atoms with Crippen LogP contribution in [0.25, 0.3) is 0 Å². The molecule has 2 aromatic carbocycles. The minimum Gasteiger partial charge on any atom is -0.492 e. The Balaban J connectivity index is 2.19. The number of halogens is 3. The minimum absolute atomic E-state index is 0.144. The van der Waals surface area contributed by atoms with Gasteiger partial charge in [0, 0.05) is 6.42 Å². The second kappa shape index (κ2) is 6.51. The summed E-state index contributed by atoms with van der Waals surface area (Å²) >= 11 is 0.